The Hall–Kier alpha value is -1.51. The van der Waals surface area contributed by atoms with E-state index in [0.717, 1.165) is 6.29 Å². The summed E-state index contributed by atoms with van der Waals surface area (Å²) in [7, 11) is 0. The summed E-state index contributed by atoms with van der Waals surface area (Å²) in [5, 5.41) is 9.39. The van der Waals surface area contributed by atoms with Gasteiger partial charge in [0.15, 0.2) is 0 Å². The molecular formula is C9H8O3. The number of aldehydes is 1. The summed E-state index contributed by atoms with van der Waals surface area (Å²) >= 11 is 0. The van der Waals surface area contributed by atoms with Crippen molar-refractivity contribution < 1.29 is 14.6 Å². The normalized spacial score (nSPS) is 19.8. The highest BCUT2D eigenvalue weighted by Crippen LogP contribution is 2.38. The van der Waals surface area contributed by atoms with Gasteiger partial charge in [-0.3, -0.25) is 0 Å². The molecule has 12 heavy (non-hydrogen) atoms. The van der Waals surface area contributed by atoms with Gasteiger partial charge in [-0.2, -0.15) is 0 Å². The van der Waals surface area contributed by atoms with Gasteiger partial charge in [0.1, 0.15) is 24.4 Å². The number of phenolic OH excluding ortho intramolecular Hbond substituents is 1. The molecular weight excluding hydrogens is 156 g/mol. The van der Waals surface area contributed by atoms with Crippen LogP contribution in [-0.4, -0.2) is 18.0 Å². The van der Waals surface area contributed by atoms with Crippen molar-refractivity contribution in [1.29, 1.82) is 0 Å². The largest absolute Gasteiger partial charge is 0.508 e. The lowest BCUT2D eigenvalue weighted by molar-refractivity contribution is -0.109. The van der Waals surface area contributed by atoms with E-state index in [1.54, 1.807) is 18.2 Å². The Morgan fingerprint density at radius 3 is 3.17 bits per heavy atom. The summed E-state index contributed by atoms with van der Waals surface area (Å²) < 4.78 is 5.19. The zero-order chi connectivity index (χ0) is 8.55. The second-order valence-electron chi connectivity index (χ2n) is 2.74. The summed E-state index contributed by atoms with van der Waals surface area (Å²) in [4.78, 5) is 10.5. The van der Waals surface area contributed by atoms with Crippen LogP contribution in [0, 0.1) is 0 Å². The quantitative estimate of drug-likeness (QED) is 0.631. The van der Waals surface area contributed by atoms with Crippen LogP contribution in [0.4, 0.5) is 0 Å². The minimum absolute atomic E-state index is 0.141. The van der Waals surface area contributed by atoms with Gasteiger partial charge in [0.05, 0.1) is 5.92 Å². The molecule has 0 fully saturated rings. The Kier molecular flexibility index (Phi) is 1.50. The molecule has 1 unspecified atom stereocenters. The third kappa shape index (κ3) is 0.863. The summed E-state index contributed by atoms with van der Waals surface area (Å²) in [6.45, 7) is 0.344. The molecule has 3 nitrogen and oxygen atoms in total. The van der Waals surface area contributed by atoms with Crippen molar-refractivity contribution in [3.8, 4) is 11.5 Å². The lowest BCUT2D eigenvalue weighted by atomic mass is 10.0. The van der Waals surface area contributed by atoms with Crippen molar-refractivity contribution in [2.75, 3.05) is 6.61 Å². The number of carbonyl (C=O) groups is 1. The van der Waals surface area contributed by atoms with Crippen LogP contribution in [0.1, 0.15) is 11.5 Å². The number of benzene rings is 1. The number of phenols is 1. The molecule has 62 valence electrons. The van der Waals surface area contributed by atoms with Crippen molar-refractivity contribution in [1.82, 2.24) is 0 Å². The molecule has 0 aliphatic carbocycles. The molecule has 0 aromatic heterocycles. The van der Waals surface area contributed by atoms with Crippen LogP contribution in [-0.2, 0) is 4.79 Å². The highest BCUT2D eigenvalue weighted by atomic mass is 16.5. The number of ether oxygens (including phenoxy) is 1. The van der Waals surface area contributed by atoms with Crippen LogP contribution in [0.2, 0.25) is 0 Å². The van der Waals surface area contributed by atoms with Gasteiger partial charge in [-0.1, -0.05) is 6.07 Å². The third-order valence-electron chi connectivity index (χ3n) is 2.00. The Morgan fingerprint density at radius 1 is 1.58 bits per heavy atom. The molecule has 0 saturated carbocycles. The molecule has 0 saturated heterocycles. The van der Waals surface area contributed by atoms with Gasteiger partial charge in [0.25, 0.3) is 0 Å². The maximum atomic E-state index is 10.5. The van der Waals surface area contributed by atoms with E-state index in [1.165, 1.54) is 0 Å². The fourth-order valence-electron chi connectivity index (χ4n) is 1.40. The van der Waals surface area contributed by atoms with E-state index in [0.29, 0.717) is 17.9 Å². The number of rotatable bonds is 1. The lowest BCUT2D eigenvalue weighted by Crippen LogP contribution is -2.00. The second-order valence-corrected chi connectivity index (χ2v) is 2.74. The maximum Gasteiger partial charge on any atom is 0.131 e. The van der Waals surface area contributed by atoms with Crippen molar-refractivity contribution in [3.63, 3.8) is 0 Å². The third-order valence-corrected chi connectivity index (χ3v) is 2.00. The predicted molar refractivity (Wildman–Crippen MR) is 42.4 cm³/mol. The summed E-state index contributed by atoms with van der Waals surface area (Å²) in [6, 6.07) is 5.00. The highest BCUT2D eigenvalue weighted by Gasteiger charge is 2.26. The number of hydrogen-bond donors (Lipinski definition) is 1. The molecule has 1 aliphatic rings. The Balaban J connectivity index is 2.55. The van der Waals surface area contributed by atoms with Crippen LogP contribution >= 0.6 is 0 Å². The first-order valence-corrected chi connectivity index (χ1v) is 3.73. The zero-order valence-electron chi connectivity index (χ0n) is 6.36. The van der Waals surface area contributed by atoms with E-state index < -0.39 is 0 Å². The van der Waals surface area contributed by atoms with E-state index in [1.807, 2.05) is 0 Å². The van der Waals surface area contributed by atoms with Gasteiger partial charge in [-0.25, -0.2) is 0 Å². The second kappa shape index (κ2) is 2.52. The Morgan fingerprint density at radius 2 is 2.42 bits per heavy atom. The topological polar surface area (TPSA) is 46.5 Å². The van der Waals surface area contributed by atoms with Gasteiger partial charge in [0.2, 0.25) is 0 Å². The number of fused-ring (bicyclic) bond motifs is 1. The van der Waals surface area contributed by atoms with Crippen LogP contribution in [0.5, 0.6) is 11.5 Å². The van der Waals surface area contributed by atoms with E-state index in [4.69, 9.17) is 4.74 Å². The van der Waals surface area contributed by atoms with Crippen molar-refractivity contribution in [2.45, 2.75) is 5.92 Å². The first kappa shape index (κ1) is 7.16. The molecule has 1 heterocycles. The molecule has 1 atom stereocenters. The van der Waals surface area contributed by atoms with E-state index >= 15 is 0 Å². The van der Waals surface area contributed by atoms with Gasteiger partial charge >= 0.3 is 0 Å². The zero-order valence-corrected chi connectivity index (χ0v) is 6.36. The molecule has 0 bridgehead atoms. The fraction of sp³-hybridized carbons (Fsp3) is 0.222. The lowest BCUT2D eigenvalue weighted by Gasteiger charge is -2.01. The predicted octanol–water partition coefficient (Wildman–Crippen LogP) is 1.07. The smallest absolute Gasteiger partial charge is 0.131 e. The van der Waals surface area contributed by atoms with Gasteiger partial charge in [0, 0.05) is 5.56 Å². The number of carbonyl (C=O) groups excluding carboxylic acids is 1. The van der Waals surface area contributed by atoms with E-state index in [-0.39, 0.29) is 11.7 Å². The van der Waals surface area contributed by atoms with Crippen LogP contribution < -0.4 is 4.74 Å². The minimum Gasteiger partial charge on any atom is -0.508 e. The maximum absolute atomic E-state index is 10.5. The van der Waals surface area contributed by atoms with Gasteiger partial charge in [-0.05, 0) is 12.1 Å². The van der Waals surface area contributed by atoms with E-state index in [9.17, 15) is 9.90 Å². The molecule has 1 aromatic rings. The molecule has 1 aromatic carbocycles. The first-order chi connectivity index (χ1) is 5.83. The molecule has 2 rings (SSSR count). The Bertz CT molecular complexity index is 320. The van der Waals surface area contributed by atoms with Crippen LogP contribution in [0.15, 0.2) is 18.2 Å². The minimum atomic E-state index is -0.304. The molecule has 3 heteroatoms. The molecule has 0 radical (unpaired) electrons. The van der Waals surface area contributed by atoms with Gasteiger partial charge in [-0.15, -0.1) is 0 Å². The first-order valence-electron chi connectivity index (χ1n) is 3.73. The number of hydrogen-bond acceptors (Lipinski definition) is 3. The molecule has 0 spiro atoms. The number of aromatic hydroxyl groups is 1. The van der Waals surface area contributed by atoms with Crippen molar-refractivity contribution >= 4 is 6.29 Å². The fourth-order valence-corrected chi connectivity index (χ4v) is 1.40. The van der Waals surface area contributed by atoms with Crippen LogP contribution in [0.3, 0.4) is 0 Å². The molecule has 1 aliphatic heterocycles. The van der Waals surface area contributed by atoms with E-state index in [2.05, 4.69) is 0 Å². The monoisotopic (exact) mass is 164 g/mol. The average molecular weight is 164 g/mol. The summed E-state index contributed by atoms with van der Waals surface area (Å²) in [5.41, 5.74) is 0.618. The van der Waals surface area contributed by atoms with Crippen molar-refractivity contribution in [2.24, 2.45) is 0 Å². The summed E-state index contributed by atoms with van der Waals surface area (Å²) in [5.74, 6) is 0.454. The highest BCUT2D eigenvalue weighted by molar-refractivity contribution is 5.69. The average Bonchev–Trinajstić information content (AvgIpc) is 2.49. The van der Waals surface area contributed by atoms with Gasteiger partial charge < -0.3 is 14.6 Å². The molecule has 0 amide bonds. The standard InChI is InChI=1S/C9H8O3/c10-4-6-5-12-8-3-1-2-7(11)9(6)8/h1-4,6,11H,5H2. The van der Waals surface area contributed by atoms with Crippen molar-refractivity contribution in [3.05, 3.63) is 23.8 Å². The van der Waals surface area contributed by atoms with Crippen LogP contribution in [0.25, 0.3) is 0 Å². The SMILES string of the molecule is O=CC1COc2cccc(O)c21. The molecule has 1 N–H and O–H groups in total. The summed E-state index contributed by atoms with van der Waals surface area (Å²) in [6.07, 6.45) is 0.797. The Labute approximate surface area is 69.6 Å².